The second-order valence-electron chi connectivity index (χ2n) is 9.33. The third-order valence-corrected chi connectivity index (χ3v) is 6.35. The zero-order chi connectivity index (χ0) is 26.2. The normalized spacial score (nSPS) is 22.5. The van der Waals surface area contributed by atoms with Crippen LogP contribution < -0.4 is 0 Å². The number of hydrogen-bond donors (Lipinski definition) is 0. The molecule has 1 aliphatic carbocycles. The Bertz CT molecular complexity index is 701. The fourth-order valence-corrected chi connectivity index (χ4v) is 4.78. The summed E-state index contributed by atoms with van der Waals surface area (Å²) < 4.78 is 21.4. The van der Waals surface area contributed by atoms with Crippen molar-refractivity contribution in [1.29, 1.82) is 0 Å². The molecule has 0 aromatic carbocycles. The van der Waals surface area contributed by atoms with Crippen LogP contribution in [0.3, 0.4) is 0 Å². The minimum atomic E-state index is -0.411. The van der Waals surface area contributed by atoms with Crippen LogP contribution in [0.15, 0.2) is 12.2 Å². The molecule has 0 N–H and O–H groups in total. The van der Waals surface area contributed by atoms with Crippen LogP contribution >= 0.6 is 0 Å². The van der Waals surface area contributed by atoms with Crippen molar-refractivity contribution in [2.75, 3.05) is 7.11 Å². The Morgan fingerprint density at radius 3 is 2.11 bits per heavy atom. The first-order chi connectivity index (χ1) is 16.7. The van der Waals surface area contributed by atoms with E-state index >= 15 is 0 Å². The van der Waals surface area contributed by atoms with Crippen LogP contribution in [0.1, 0.15) is 98.3 Å². The van der Waals surface area contributed by atoms with Gasteiger partial charge in [0.2, 0.25) is 0 Å². The van der Waals surface area contributed by atoms with Crippen LogP contribution in [-0.2, 0) is 38.1 Å². The molecule has 200 valence electrons. The fourth-order valence-electron chi connectivity index (χ4n) is 4.78. The molecule has 1 saturated carbocycles. The van der Waals surface area contributed by atoms with Crippen molar-refractivity contribution in [3.8, 4) is 0 Å². The first-order valence-corrected chi connectivity index (χ1v) is 12.9. The average Bonchev–Trinajstić information content (AvgIpc) is 3.08. The van der Waals surface area contributed by atoms with Gasteiger partial charge in [0.1, 0.15) is 18.3 Å². The topological polar surface area (TPSA) is 105 Å². The van der Waals surface area contributed by atoms with E-state index in [1.165, 1.54) is 27.9 Å². The molecule has 0 radical (unpaired) electrons. The molecular formula is C27H44O8. The van der Waals surface area contributed by atoms with Crippen LogP contribution in [0.5, 0.6) is 0 Å². The molecule has 0 saturated heterocycles. The van der Waals surface area contributed by atoms with Gasteiger partial charge in [0.05, 0.1) is 7.11 Å². The average molecular weight is 497 g/mol. The van der Waals surface area contributed by atoms with Gasteiger partial charge in [0.25, 0.3) is 0 Å². The zero-order valence-corrected chi connectivity index (χ0v) is 22.1. The lowest BCUT2D eigenvalue weighted by molar-refractivity contribution is -0.149. The molecule has 0 aliphatic heterocycles. The zero-order valence-electron chi connectivity index (χ0n) is 22.1. The van der Waals surface area contributed by atoms with Crippen LogP contribution in [0.4, 0.5) is 0 Å². The van der Waals surface area contributed by atoms with Crippen molar-refractivity contribution < 1.29 is 38.1 Å². The van der Waals surface area contributed by atoms with Crippen molar-refractivity contribution in [1.82, 2.24) is 0 Å². The van der Waals surface area contributed by atoms with Gasteiger partial charge >= 0.3 is 23.9 Å². The molecule has 0 aromatic rings. The summed E-state index contributed by atoms with van der Waals surface area (Å²) in [5.74, 6) is -1.44. The molecular weight excluding hydrogens is 452 g/mol. The molecule has 0 bridgehead atoms. The highest BCUT2D eigenvalue weighted by Crippen LogP contribution is 2.41. The van der Waals surface area contributed by atoms with E-state index in [0.29, 0.717) is 12.8 Å². The molecule has 1 rings (SSSR count). The summed E-state index contributed by atoms with van der Waals surface area (Å²) in [6.45, 7) is 6.28. The molecule has 1 aliphatic rings. The standard InChI is InChI=1S/C27H44O8/c1-6-7-10-13-22(33-19(2)28)16-17-24-23(14-11-8-9-12-15-27(31)32-5)25(34-20(3)29)18-26(24)35-21(4)30/h16-17,22-26H,6-15,18H2,1-5H3/b17-16+/t22-,23+,24+,25-,26+/m0/s1. The molecule has 0 amide bonds. The van der Waals surface area contributed by atoms with Gasteiger partial charge in [-0.15, -0.1) is 0 Å². The van der Waals surface area contributed by atoms with Gasteiger partial charge in [0, 0.05) is 45.4 Å². The van der Waals surface area contributed by atoms with Gasteiger partial charge in [-0.3, -0.25) is 19.2 Å². The highest BCUT2D eigenvalue weighted by Gasteiger charge is 2.45. The Balaban J connectivity index is 2.95. The van der Waals surface area contributed by atoms with Crippen molar-refractivity contribution in [2.24, 2.45) is 11.8 Å². The van der Waals surface area contributed by atoms with E-state index in [9.17, 15) is 19.2 Å². The summed E-state index contributed by atoms with van der Waals surface area (Å²) in [7, 11) is 1.39. The summed E-state index contributed by atoms with van der Waals surface area (Å²) in [4.78, 5) is 46.5. The monoisotopic (exact) mass is 496 g/mol. The Morgan fingerprint density at radius 2 is 1.51 bits per heavy atom. The first kappa shape index (κ1) is 30.7. The molecule has 0 spiro atoms. The molecule has 0 unspecified atom stereocenters. The number of ether oxygens (including phenoxy) is 4. The lowest BCUT2D eigenvalue weighted by Gasteiger charge is -2.24. The maximum absolute atomic E-state index is 11.8. The van der Waals surface area contributed by atoms with Gasteiger partial charge in [-0.05, 0) is 31.8 Å². The van der Waals surface area contributed by atoms with Crippen molar-refractivity contribution in [3.63, 3.8) is 0 Å². The van der Waals surface area contributed by atoms with Crippen molar-refractivity contribution in [3.05, 3.63) is 12.2 Å². The van der Waals surface area contributed by atoms with E-state index in [-0.39, 0.29) is 47.9 Å². The minimum absolute atomic E-state index is 0.0197. The number of rotatable bonds is 16. The quantitative estimate of drug-likeness (QED) is 0.126. The van der Waals surface area contributed by atoms with E-state index < -0.39 is 6.10 Å². The van der Waals surface area contributed by atoms with E-state index in [1.807, 2.05) is 12.2 Å². The second-order valence-corrected chi connectivity index (χ2v) is 9.33. The smallest absolute Gasteiger partial charge is 0.305 e. The predicted molar refractivity (Wildman–Crippen MR) is 131 cm³/mol. The number of methoxy groups -OCH3 is 1. The molecule has 35 heavy (non-hydrogen) atoms. The van der Waals surface area contributed by atoms with Gasteiger partial charge in [-0.25, -0.2) is 0 Å². The van der Waals surface area contributed by atoms with Crippen molar-refractivity contribution >= 4 is 23.9 Å². The molecule has 5 atom stereocenters. The highest BCUT2D eigenvalue weighted by atomic mass is 16.6. The number of esters is 4. The Morgan fingerprint density at radius 1 is 0.857 bits per heavy atom. The van der Waals surface area contributed by atoms with E-state index in [0.717, 1.165) is 57.8 Å². The summed E-state index contributed by atoms with van der Waals surface area (Å²) in [5, 5.41) is 0. The Labute approximate surface area is 210 Å². The van der Waals surface area contributed by atoms with Crippen LogP contribution in [0, 0.1) is 11.8 Å². The van der Waals surface area contributed by atoms with E-state index in [2.05, 4.69) is 11.7 Å². The first-order valence-electron chi connectivity index (χ1n) is 12.9. The van der Waals surface area contributed by atoms with Crippen molar-refractivity contribution in [2.45, 2.75) is 117 Å². The van der Waals surface area contributed by atoms with E-state index in [1.54, 1.807) is 0 Å². The maximum Gasteiger partial charge on any atom is 0.305 e. The molecule has 8 nitrogen and oxygen atoms in total. The molecule has 0 aromatic heterocycles. The minimum Gasteiger partial charge on any atom is -0.469 e. The van der Waals surface area contributed by atoms with E-state index in [4.69, 9.17) is 14.2 Å². The summed E-state index contributed by atoms with van der Waals surface area (Å²) in [6.07, 6.45) is 11.7. The lowest BCUT2D eigenvalue weighted by atomic mass is 9.87. The lowest BCUT2D eigenvalue weighted by Crippen LogP contribution is -2.26. The summed E-state index contributed by atoms with van der Waals surface area (Å²) in [5.41, 5.74) is 0. The summed E-state index contributed by atoms with van der Waals surface area (Å²) in [6, 6.07) is 0. The summed E-state index contributed by atoms with van der Waals surface area (Å²) >= 11 is 0. The van der Waals surface area contributed by atoms with Gasteiger partial charge < -0.3 is 18.9 Å². The molecule has 8 heteroatoms. The molecule has 1 fully saturated rings. The Kier molecular flexibility index (Phi) is 15.0. The second kappa shape index (κ2) is 17.1. The molecule has 0 heterocycles. The third-order valence-electron chi connectivity index (χ3n) is 6.35. The number of carbonyl (C=O) groups excluding carboxylic acids is 4. The maximum atomic E-state index is 11.8. The van der Waals surface area contributed by atoms with Crippen LogP contribution in [0.25, 0.3) is 0 Å². The van der Waals surface area contributed by atoms with Gasteiger partial charge in [-0.1, -0.05) is 45.1 Å². The fraction of sp³-hybridized carbons (Fsp3) is 0.778. The van der Waals surface area contributed by atoms with Crippen LogP contribution in [-0.4, -0.2) is 49.3 Å². The SMILES string of the molecule is CCCCC[C@@H](/C=C/[C@@H]1[C@@H](CCCCCCC(=O)OC)[C@@H](OC(C)=O)C[C@H]1OC(C)=O)OC(C)=O. The largest absolute Gasteiger partial charge is 0.469 e. The van der Waals surface area contributed by atoms with Crippen LogP contribution in [0.2, 0.25) is 0 Å². The highest BCUT2D eigenvalue weighted by molar-refractivity contribution is 5.69. The number of unbranched alkanes of at least 4 members (excludes halogenated alkanes) is 5. The van der Waals surface area contributed by atoms with Gasteiger partial charge in [0.15, 0.2) is 0 Å². The third kappa shape index (κ3) is 12.8. The van der Waals surface area contributed by atoms with Gasteiger partial charge in [-0.2, -0.15) is 0 Å². The predicted octanol–water partition coefficient (Wildman–Crippen LogP) is 5.07. The Hall–Kier alpha value is -2.38. The number of hydrogen-bond acceptors (Lipinski definition) is 8. The number of carbonyl (C=O) groups is 4.